The normalized spacial score (nSPS) is 14.5. The SMILES string of the molecule is CCOc1nc(NC(C)c2ccc(S(N)(=O)=O)cc2)nc2ccc(C#CC3CC3)nc12. The van der Waals surface area contributed by atoms with Crippen molar-refractivity contribution >= 4 is 27.0 Å². The molecule has 0 amide bonds. The molecule has 1 unspecified atom stereocenters. The van der Waals surface area contributed by atoms with E-state index in [1.165, 1.54) is 12.1 Å². The van der Waals surface area contributed by atoms with Gasteiger partial charge in [0.05, 0.1) is 23.1 Å². The molecule has 9 heteroatoms. The Balaban J connectivity index is 1.61. The lowest BCUT2D eigenvalue weighted by molar-refractivity contribution is 0.330. The number of anilines is 1. The van der Waals surface area contributed by atoms with Crippen molar-refractivity contribution in [3.8, 4) is 17.7 Å². The van der Waals surface area contributed by atoms with Gasteiger partial charge in [-0.05, 0) is 62.4 Å². The van der Waals surface area contributed by atoms with Crippen molar-refractivity contribution in [1.29, 1.82) is 0 Å². The van der Waals surface area contributed by atoms with Gasteiger partial charge in [0.2, 0.25) is 21.9 Å². The molecule has 0 aliphatic heterocycles. The van der Waals surface area contributed by atoms with E-state index in [4.69, 9.17) is 9.88 Å². The van der Waals surface area contributed by atoms with Crippen LogP contribution in [0.2, 0.25) is 0 Å². The molecule has 1 fully saturated rings. The van der Waals surface area contributed by atoms with Gasteiger partial charge in [0.15, 0.2) is 5.52 Å². The Morgan fingerprint density at radius 1 is 1.16 bits per heavy atom. The van der Waals surface area contributed by atoms with Crippen LogP contribution < -0.4 is 15.2 Å². The zero-order chi connectivity index (χ0) is 22.0. The van der Waals surface area contributed by atoms with Crippen LogP contribution in [0.1, 0.15) is 44.0 Å². The molecule has 31 heavy (non-hydrogen) atoms. The number of primary sulfonamides is 1. The lowest BCUT2D eigenvalue weighted by Crippen LogP contribution is -2.13. The Bertz CT molecular complexity index is 1280. The summed E-state index contributed by atoms with van der Waals surface area (Å²) in [5.41, 5.74) is 2.75. The fraction of sp³-hybridized carbons (Fsp3) is 0.318. The van der Waals surface area contributed by atoms with E-state index >= 15 is 0 Å². The van der Waals surface area contributed by atoms with Gasteiger partial charge in [0, 0.05) is 5.92 Å². The van der Waals surface area contributed by atoms with Gasteiger partial charge in [-0.3, -0.25) is 0 Å². The van der Waals surface area contributed by atoms with Crippen molar-refractivity contribution in [3.63, 3.8) is 0 Å². The van der Waals surface area contributed by atoms with Crippen molar-refractivity contribution in [1.82, 2.24) is 15.0 Å². The number of hydrogen-bond acceptors (Lipinski definition) is 7. The second-order valence-electron chi connectivity index (χ2n) is 7.37. The average molecular weight is 438 g/mol. The van der Waals surface area contributed by atoms with Gasteiger partial charge < -0.3 is 10.1 Å². The van der Waals surface area contributed by atoms with E-state index in [0.29, 0.717) is 41.1 Å². The van der Waals surface area contributed by atoms with Gasteiger partial charge in [-0.2, -0.15) is 4.98 Å². The van der Waals surface area contributed by atoms with Crippen molar-refractivity contribution in [3.05, 3.63) is 47.7 Å². The number of nitrogens with one attached hydrogen (secondary N) is 1. The highest BCUT2D eigenvalue weighted by Crippen LogP contribution is 2.28. The molecule has 0 saturated heterocycles. The van der Waals surface area contributed by atoms with Gasteiger partial charge in [0.25, 0.3) is 0 Å². The molecule has 0 spiro atoms. The number of sulfonamides is 1. The molecule has 0 bridgehead atoms. The molecule has 2 aromatic heterocycles. The largest absolute Gasteiger partial charge is 0.476 e. The summed E-state index contributed by atoms with van der Waals surface area (Å²) in [7, 11) is -3.73. The third-order valence-corrected chi connectivity index (χ3v) is 5.76. The first-order valence-corrected chi connectivity index (χ1v) is 11.6. The highest BCUT2D eigenvalue weighted by molar-refractivity contribution is 7.89. The minimum Gasteiger partial charge on any atom is -0.476 e. The van der Waals surface area contributed by atoms with E-state index in [-0.39, 0.29) is 10.9 Å². The van der Waals surface area contributed by atoms with E-state index in [1.807, 2.05) is 26.0 Å². The number of benzene rings is 1. The zero-order valence-corrected chi connectivity index (χ0v) is 18.1. The topological polar surface area (TPSA) is 120 Å². The summed E-state index contributed by atoms with van der Waals surface area (Å²) >= 11 is 0. The minimum absolute atomic E-state index is 0.0655. The van der Waals surface area contributed by atoms with Gasteiger partial charge >= 0.3 is 0 Å². The summed E-state index contributed by atoms with van der Waals surface area (Å²) in [5.74, 6) is 7.59. The number of nitrogens with zero attached hydrogens (tertiary/aromatic N) is 3. The number of pyridine rings is 1. The first-order valence-electron chi connectivity index (χ1n) is 10.1. The molecular formula is C22H23N5O3S. The molecule has 2 heterocycles. The number of hydrogen-bond donors (Lipinski definition) is 2. The van der Waals surface area contributed by atoms with Crippen LogP contribution in [-0.2, 0) is 10.0 Å². The molecule has 1 aromatic carbocycles. The van der Waals surface area contributed by atoms with Crippen LogP contribution in [0.3, 0.4) is 0 Å². The van der Waals surface area contributed by atoms with E-state index in [0.717, 1.165) is 18.4 Å². The van der Waals surface area contributed by atoms with Crippen LogP contribution in [0, 0.1) is 17.8 Å². The summed E-state index contributed by atoms with van der Waals surface area (Å²) < 4.78 is 28.6. The highest BCUT2D eigenvalue weighted by Gasteiger charge is 2.18. The third kappa shape index (κ3) is 5.10. The van der Waals surface area contributed by atoms with E-state index < -0.39 is 10.0 Å². The number of fused-ring (bicyclic) bond motifs is 1. The summed E-state index contributed by atoms with van der Waals surface area (Å²) in [5, 5.41) is 8.39. The molecule has 160 valence electrons. The van der Waals surface area contributed by atoms with E-state index in [9.17, 15) is 8.42 Å². The number of aromatic nitrogens is 3. The summed E-state index contributed by atoms with van der Waals surface area (Å²) in [6, 6.07) is 9.88. The Morgan fingerprint density at radius 3 is 2.55 bits per heavy atom. The lowest BCUT2D eigenvalue weighted by Gasteiger charge is -2.16. The Kier molecular flexibility index (Phi) is 5.76. The Labute approximate surface area is 181 Å². The summed E-state index contributed by atoms with van der Waals surface area (Å²) in [4.78, 5) is 13.7. The van der Waals surface area contributed by atoms with Crippen LogP contribution in [0.5, 0.6) is 5.88 Å². The zero-order valence-electron chi connectivity index (χ0n) is 17.3. The fourth-order valence-corrected chi connectivity index (χ4v) is 3.50. The second kappa shape index (κ2) is 8.49. The van der Waals surface area contributed by atoms with Crippen molar-refractivity contribution in [2.45, 2.75) is 37.6 Å². The summed E-state index contributed by atoms with van der Waals surface area (Å²) in [6.45, 7) is 4.25. The third-order valence-electron chi connectivity index (χ3n) is 4.83. The number of rotatable bonds is 6. The molecule has 0 radical (unpaired) electrons. The van der Waals surface area contributed by atoms with Gasteiger partial charge in [-0.1, -0.05) is 18.1 Å². The maximum Gasteiger partial charge on any atom is 0.245 e. The highest BCUT2D eigenvalue weighted by atomic mass is 32.2. The van der Waals surface area contributed by atoms with Crippen LogP contribution in [0.25, 0.3) is 11.0 Å². The van der Waals surface area contributed by atoms with Crippen LogP contribution >= 0.6 is 0 Å². The number of ether oxygens (including phenoxy) is 1. The van der Waals surface area contributed by atoms with Crippen molar-refractivity contribution < 1.29 is 13.2 Å². The molecule has 3 aromatic rings. The maximum atomic E-state index is 11.4. The van der Waals surface area contributed by atoms with Crippen LogP contribution in [0.15, 0.2) is 41.3 Å². The fourth-order valence-electron chi connectivity index (χ4n) is 2.99. The van der Waals surface area contributed by atoms with Gasteiger partial charge in [-0.25, -0.2) is 23.5 Å². The predicted octanol–water partition coefficient (Wildman–Crippen LogP) is 3.01. The van der Waals surface area contributed by atoms with E-state index in [2.05, 4.69) is 32.1 Å². The molecular weight excluding hydrogens is 414 g/mol. The quantitative estimate of drug-likeness (QED) is 0.569. The standard InChI is InChI=1S/C22H23N5O3S/c1-3-30-21-20-19(13-10-17(25-20)9-6-15-4-5-15)26-22(27-21)24-14(2)16-7-11-18(12-8-16)31(23,28)29/h7-8,10-15H,3-5H2,1-2H3,(H2,23,28,29)(H,24,26,27). The molecule has 8 nitrogen and oxygen atoms in total. The van der Waals surface area contributed by atoms with Crippen LogP contribution in [-0.4, -0.2) is 30.0 Å². The first kappa shape index (κ1) is 21.0. The first-order chi connectivity index (χ1) is 14.8. The maximum absolute atomic E-state index is 11.4. The Morgan fingerprint density at radius 2 is 1.90 bits per heavy atom. The van der Waals surface area contributed by atoms with E-state index in [1.54, 1.807) is 12.1 Å². The summed E-state index contributed by atoms with van der Waals surface area (Å²) in [6.07, 6.45) is 2.32. The molecule has 1 aliphatic rings. The van der Waals surface area contributed by atoms with Gasteiger partial charge in [-0.15, -0.1) is 0 Å². The predicted molar refractivity (Wildman–Crippen MR) is 118 cm³/mol. The van der Waals surface area contributed by atoms with Crippen LogP contribution in [0.4, 0.5) is 5.95 Å². The molecule has 1 atom stereocenters. The van der Waals surface area contributed by atoms with Crippen molar-refractivity contribution in [2.24, 2.45) is 11.1 Å². The van der Waals surface area contributed by atoms with Gasteiger partial charge in [0.1, 0.15) is 5.69 Å². The Hall–Kier alpha value is -3.22. The molecule has 4 rings (SSSR count). The average Bonchev–Trinajstić information content (AvgIpc) is 3.56. The monoisotopic (exact) mass is 437 g/mol. The lowest BCUT2D eigenvalue weighted by atomic mass is 10.1. The second-order valence-corrected chi connectivity index (χ2v) is 8.93. The molecule has 1 saturated carbocycles. The minimum atomic E-state index is -3.73. The molecule has 1 aliphatic carbocycles. The molecule has 3 N–H and O–H groups in total. The smallest absolute Gasteiger partial charge is 0.245 e. The van der Waals surface area contributed by atoms with Crippen molar-refractivity contribution in [2.75, 3.05) is 11.9 Å². The number of nitrogens with two attached hydrogens (primary N) is 1.